The Labute approximate surface area is 177 Å². The van der Waals surface area contributed by atoms with Gasteiger partial charge < -0.3 is 5.32 Å². The number of benzene rings is 1. The van der Waals surface area contributed by atoms with Gasteiger partial charge >= 0.3 is 0 Å². The van der Waals surface area contributed by atoms with Gasteiger partial charge in [0.25, 0.3) is 0 Å². The monoisotopic (exact) mass is 423 g/mol. The van der Waals surface area contributed by atoms with Crippen molar-refractivity contribution in [2.45, 2.75) is 32.2 Å². The number of hydrogen-bond donors (Lipinski definition) is 2. The van der Waals surface area contributed by atoms with Crippen molar-refractivity contribution < 1.29 is 4.79 Å². The van der Waals surface area contributed by atoms with Gasteiger partial charge in [-0.1, -0.05) is 44.2 Å². The number of carbonyl (C=O) groups is 1. The molecule has 0 aliphatic rings. The molecule has 6 nitrogen and oxygen atoms in total. The normalized spacial score (nSPS) is 12.2. The molecule has 4 rings (SSSR count). The molecule has 1 aromatic carbocycles. The first-order valence-electron chi connectivity index (χ1n) is 9.33. The van der Waals surface area contributed by atoms with Gasteiger partial charge in [-0.15, -0.1) is 22.7 Å². The third kappa shape index (κ3) is 4.60. The number of nitrogens with one attached hydrogen (secondary N) is 2. The predicted molar refractivity (Wildman–Crippen MR) is 116 cm³/mol. The number of aromatic amines is 1. The first kappa shape index (κ1) is 19.5. The fraction of sp³-hybridized carbons (Fsp3) is 0.238. The Bertz CT molecular complexity index is 1050. The van der Waals surface area contributed by atoms with Crippen LogP contribution in [0.5, 0.6) is 0 Å². The fourth-order valence-corrected chi connectivity index (χ4v) is 4.60. The number of carbonyl (C=O) groups excluding carboxylic acids is 1. The highest BCUT2D eigenvalue weighted by atomic mass is 32.1. The zero-order valence-electron chi connectivity index (χ0n) is 16.1. The average Bonchev–Trinajstić information content (AvgIpc) is 3.48. The molecule has 1 atom stereocenters. The van der Waals surface area contributed by atoms with Crippen molar-refractivity contribution >= 4 is 28.6 Å². The summed E-state index contributed by atoms with van der Waals surface area (Å²) < 4.78 is 0. The third-order valence-corrected chi connectivity index (χ3v) is 6.42. The van der Waals surface area contributed by atoms with Crippen molar-refractivity contribution in [2.24, 2.45) is 0 Å². The number of thiophene rings is 1. The topological polar surface area (TPSA) is 83.6 Å². The summed E-state index contributed by atoms with van der Waals surface area (Å²) in [6, 6.07) is 12.4. The summed E-state index contributed by atoms with van der Waals surface area (Å²) in [7, 11) is 0. The quantitative estimate of drug-likeness (QED) is 0.456. The van der Waals surface area contributed by atoms with E-state index in [9.17, 15) is 4.79 Å². The van der Waals surface area contributed by atoms with Crippen LogP contribution in [0.15, 0.2) is 53.5 Å². The summed E-state index contributed by atoms with van der Waals surface area (Å²) in [5, 5.41) is 14.4. The van der Waals surface area contributed by atoms with Gasteiger partial charge in [0.2, 0.25) is 5.91 Å². The highest BCUT2D eigenvalue weighted by molar-refractivity contribution is 7.13. The highest BCUT2D eigenvalue weighted by Crippen LogP contribution is 2.28. The molecule has 0 saturated carbocycles. The highest BCUT2D eigenvalue weighted by Gasteiger charge is 2.19. The Morgan fingerprint density at radius 1 is 1.14 bits per heavy atom. The van der Waals surface area contributed by atoms with Crippen LogP contribution in [-0.4, -0.2) is 26.1 Å². The van der Waals surface area contributed by atoms with Gasteiger partial charge in [0.1, 0.15) is 6.33 Å². The Morgan fingerprint density at radius 2 is 1.93 bits per heavy atom. The molecule has 2 N–H and O–H groups in total. The van der Waals surface area contributed by atoms with Crippen LogP contribution in [0.25, 0.3) is 10.8 Å². The van der Waals surface area contributed by atoms with E-state index in [1.165, 1.54) is 23.2 Å². The van der Waals surface area contributed by atoms with Gasteiger partial charge in [-0.3, -0.25) is 9.89 Å². The summed E-state index contributed by atoms with van der Waals surface area (Å²) in [5.74, 6) is 1.02. The van der Waals surface area contributed by atoms with E-state index in [-0.39, 0.29) is 18.4 Å². The maximum atomic E-state index is 12.8. The van der Waals surface area contributed by atoms with Gasteiger partial charge in [-0.2, -0.15) is 5.10 Å². The number of aromatic nitrogens is 4. The number of nitrogens with zero attached hydrogens (tertiary/aromatic N) is 3. The van der Waals surface area contributed by atoms with E-state index in [1.54, 1.807) is 11.3 Å². The van der Waals surface area contributed by atoms with Crippen molar-refractivity contribution in [1.29, 1.82) is 0 Å². The molecular formula is C21H21N5OS2. The van der Waals surface area contributed by atoms with Crippen molar-refractivity contribution in [3.63, 3.8) is 0 Å². The van der Waals surface area contributed by atoms with Crippen molar-refractivity contribution in [3.05, 3.63) is 75.2 Å². The first-order chi connectivity index (χ1) is 14.1. The average molecular weight is 424 g/mol. The van der Waals surface area contributed by atoms with Crippen LogP contribution in [0.2, 0.25) is 0 Å². The molecule has 8 heteroatoms. The molecule has 0 spiro atoms. The summed E-state index contributed by atoms with van der Waals surface area (Å²) in [4.78, 5) is 22.5. The molecule has 0 aliphatic heterocycles. The molecule has 29 heavy (non-hydrogen) atoms. The third-order valence-electron chi connectivity index (χ3n) is 4.58. The van der Waals surface area contributed by atoms with Gasteiger partial charge in [0, 0.05) is 10.3 Å². The van der Waals surface area contributed by atoms with E-state index >= 15 is 0 Å². The number of thiazole rings is 1. The summed E-state index contributed by atoms with van der Waals surface area (Å²) in [5.41, 5.74) is 3.08. The Hall–Kier alpha value is -2.84. The Kier molecular flexibility index (Phi) is 5.82. The van der Waals surface area contributed by atoms with Crippen molar-refractivity contribution in [1.82, 2.24) is 25.5 Å². The molecule has 0 bridgehead atoms. The standard InChI is InChI=1S/C21H21N5OS2/c1-13(2)14-5-7-15(8-6-14)19(17-4-3-9-28-17)25-18(27)10-16-11-29-21(24-16)20-22-12-23-26-20/h3-9,11-13,19H,10H2,1-2H3,(H,25,27)(H,22,23,26). The zero-order valence-corrected chi connectivity index (χ0v) is 17.8. The van der Waals surface area contributed by atoms with E-state index in [4.69, 9.17) is 0 Å². The van der Waals surface area contributed by atoms with E-state index in [0.29, 0.717) is 11.7 Å². The predicted octanol–water partition coefficient (Wildman–Crippen LogP) is 4.56. The molecule has 0 saturated heterocycles. The van der Waals surface area contributed by atoms with Crippen LogP contribution in [0, 0.1) is 0 Å². The number of amides is 1. The SMILES string of the molecule is CC(C)c1ccc(C(NC(=O)Cc2csc(-c3ncn[nH]3)n2)c2cccs2)cc1. The molecule has 3 heterocycles. The summed E-state index contributed by atoms with van der Waals surface area (Å²) in [6.07, 6.45) is 1.66. The smallest absolute Gasteiger partial charge is 0.226 e. The fourth-order valence-electron chi connectivity index (χ4n) is 3.03. The Balaban J connectivity index is 1.50. The van der Waals surface area contributed by atoms with Crippen LogP contribution in [0.3, 0.4) is 0 Å². The molecule has 0 fully saturated rings. The second-order valence-electron chi connectivity index (χ2n) is 6.99. The Morgan fingerprint density at radius 3 is 2.59 bits per heavy atom. The minimum atomic E-state index is -0.170. The molecule has 3 aromatic heterocycles. The van der Waals surface area contributed by atoms with Gasteiger partial charge in [0.15, 0.2) is 10.8 Å². The second kappa shape index (κ2) is 8.67. The van der Waals surface area contributed by atoms with E-state index in [0.717, 1.165) is 21.1 Å². The van der Waals surface area contributed by atoms with Gasteiger partial charge in [0.05, 0.1) is 18.2 Å². The number of rotatable bonds is 7. The van der Waals surface area contributed by atoms with E-state index < -0.39 is 0 Å². The van der Waals surface area contributed by atoms with Gasteiger partial charge in [-0.05, 0) is 28.5 Å². The molecule has 1 amide bonds. The molecule has 4 aromatic rings. The molecule has 1 unspecified atom stereocenters. The lowest BCUT2D eigenvalue weighted by atomic mass is 9.98. The van der Waals surface area contributed by atoms with Crippen LogP contribution in [-0.2, 0) is 11.2 Å². The van der Waals surface area contributed by atoms with Crippen LogP contribution in [0.4, 0.5) is 0 Å². The molecular weight excluding hydrogens is 402 g/mol. The van der Waals surface area contributed by atoms with E-state index in [1.807, 2.05) is 16.8 Å². The lowest BCUT2D eigenvalue weighted by Gasteiger charge is -2.19. The lowest BCUT2D eigenvalue weighted by Crippen LogP contribution is -2.30. The number of H-pyrrole nitrogens is 1. The van der Waals surface area contributed by atoms with Gasteiger partial charge in [-0.25, -0.2) is 9.97 Å². The zero-order chi connectivity index (χ0) is 20.2. The van der Waals surface area contributed by atoms with Crippen LogP contribution in [0.1, 0.15) is 47.5 Å². The largest absolute Gasteiger partial charge is 0.344 e. The first-order valence-corrected chi connectivity index (χ1v) is 11.1. The lowest BCUT2D eigenvalue weighted by molar-refractivity contribution is -0.120. The minimum absolute atomic E-state index is 0.0641. The van der Waals surface area contributed by atoms with Crippen molar-refractivity contribution in [3.8, 4) is 10.8 Å². The molecule has 0 aliphatic carbocycles. The number of hydrogen-bond acceptors (Lipinski definition) is 6. The van der Waals surface area contributed by atoms with E-state index in [2.05, 4.69) is 69.7 Å². The second-order valence-corrected chi connectivity index (χ2v) is 8.83. The maximum Gasteiger partial charge on any atom is 0.226 e. The summed E-state index contributed by atoms with van der Waals surface area (Å²) >= 11 is 3.08. The van der Waals surface area contributed by atoms with Crippen LogP contribution >= 0.6 is 22.7 Å². The summed E-state index contributed by atoms with van der Waals surface area (Å²) in [6.45, 7) is 4.35. The molecule has 148 valence electrons. The molecule has 0 radical (unpaired) electrons. The minimum Gasteiger partial charge on any atom is -0.344 e. The van der Waals surface area contributed by atoms with Crippen LogP contribution < -0.4 is 5.32 Å². The maximum absolute atomic E-state index is 12.8. The van der Waals surface area contributed by atoms with Crippen molar-refractivity contribution in [2.75, 3.05) is 0 Å².